The molecule has 0 saturated carbocycles. The van der Waals surface area contributed by atoms with Gasteiger partial charge in [0.05, 0.1) is 0 Å². The second-order valence-electron chi connectivity index (χ2n) is 4.10. The number of pyridine rings is 1. The predicted octanol–water partition coefficient (Wildman–Crippen LogP) is 0.956. The first kappa shape index (κ1) is 12.9. The highest BCUT2D eigenvalue weighted by molar-refractivity contribution is 9.10. The van der Waals surface area contributed by atoms with Crippen molar-refractivity contribution < 1.29 is 8.42 Å². The third kappa shape index (κ3) is 2.85. The molecule has 17 heavy (non-hydrogen) atoms. The van der Waals surface area contributed by atoms with Crippen LogP contribution in [0.2, 0.25) is 0 Å². The molecule has 2 N–H and O–H groups in total. The topological polar surface area (TPSA) is 76.3 Å². The van der Waals surface area contributed by atoms with E-state index in [0.717, 1.165) is 12.8 Å². The molecule has 5 nitrogen and oxygen atoms in total. The molecule has 1 aromatic heterocycles. The molecule has 0 aliphatic carbocycles. The molecular formula is C10H14BrN3O2S. The molecule has 1 aromatic rings. The van der Waals surface area contributed by atoms with Crippen LogP contribution in [0, 0.1) is 0 Å². The molecule has 2 rings (SSSR count). The largest absolute Gasteiger partial charge is 0.327 e. The van der Waals surface area contributed by atoms with Gasteiger partial charge >= 0.3 is 0 Å². The Hall–Kier alpha value is -0.500. The number of nitrogens with two attached hydrogens (primary N) is 1. The van der Waals surface area contributed by atoms with Gasteiger partial charge in [-0.3, -0.25) is 4.98 Å². The maximum absolute atomic E-state index is 12.3. The summed E-state index contributed by atoms with van der Waals surface area (Å²) >= 11 is 3.22. The summed E-state index contributed by atoms with van der Waals surface area (Å²) in [6.07, 6.45) is 4.60. The van der Waals surface area contributed by atoms with Crippen LogP contribution in [0.3, 0.4) is 0 Å². The highest BCUT2D eigenvalue weighted by Gasteiger charge is 2.29. The standard InChI is InChI=1S/C10H14BrN3O2S/c11-8-4-10(6-13-5-8)17(15,16)14-3-1-2-9(12)7-14/h4-6,9H,1-3,7,12H2/t9-/m0/s1. The molecule has 0 spiro atoms. The van der Waals surface area contributed by atoms with Crippen LogP contribution in [0.1, 0.15) is 12.8 Å². The average molecular weight is 320 g/mol. The van der Waals surface area contributed by atoms with Crippen molar-refractivity contribution >= 4 is 26.0 Å². The van der Waals surface area contributed by atoms with Gasteiger partial charge in [-0.15, -0.1) is 0 Å². The molecule has 1 fully saturated rings. The molecule has 0 amide bonds. The Morgan fingerprint density at radius 1 is 1.47 bits per heavy atom. The van der Waals surface area contributed by atoms with Crippen LogP contribution in [0.4, 0.5) is 0 Å². The van der Waals surface area contributed by atoms with E-state index in [2.05, 4.69) is 20.9 Å². The second kappa shape index (κ2) is 5.01. The van der Waals surface area contributed by atoms with Gasteiger partial charge in [0.15, 0.2) is 0 Å². The SMILES string of the molecule is N[C@H]1CCCN(S(=O)(=O)c2cncc(Br)c2)C1. The van der Waals surface area contributed by atoms with Crippen LogP contribution in [-0.4, -0.2) is 36.8 Å². The van der Waals surface area contributed by atoms with Crippen molar-refractivity contribution in [2.24, 2.45) is 5.73 Å². The van der Waals surface area contributed by atoms with Gasteiger partial charge in [-0.1, -0.05) is 0 Å². The van der Waals surface area contributed by atoms with Crippen LogP contribution in [-0.2, 0) is 10.0 Å². The van der Waals surface area contributed by atoms with E-state index in [9.17, 15) is 8.42 Å². The fourth-order valence-electron chi connectivity index (χ4n) is 1.87. The van der Waals surface area contributed by atoms with Gasteiger partial charge in [0.25, 0.3) is 0 Å². The van der Waals surface area contributed by atoms with E-state index < -0.39 is 10.0 Å². The van der Waals surface area contributed by atoms with E-state index in [1.165, 1.54) is 10.5 Å². The van der Waals surface area contributed by atoms with Gasteiger partial charge in [-0.2, -0.15) is 4.31 Å². The molecule has 0 unspecified atom stereocenters. The first-order valence-corrected chi connectivity index (χ1v) is 7.60. The minimum atomic E-state index is -3.46. The Bertz CT molecular complexity index is 506. The van der Waals surface area contributed by atoms with Gasteiger partial charge in [-0.05, 0) is 34.8 Å². The Morgan fingerprint density at radius 3 is 2.88 bits per heavy atom. The van der Waals surface area contributed by atoms with Gasteiger partial charge in [0.1, 0.15) is 4.90 Å². The zero-order valence-corrected chi connectivity index (χ0v) is 11.6. The number of hydrogen-bond donors (Lipinski definition) is 1. The summed E-state index contributed by atoms with van der Waals surface area (Å²) in [6.45, 7) is 0.914. The molecule has 7 heteroatoms. The van der Waals surface area contributed by atoms with Crippen LogP contribution in [0.5, 0.6) is 0 Å². The van der Waals surface area contributed by atoms with Crippen LogP contribution >= 0.6 is 15.9 Å². The molecular weight excluding hydrogens is 306 g/mol. The molecule has 2 heterocycles. The highest BCUT2D eigenvalue weighted by atomic mass is 79.9. The molecule has 1 saturated heterocycles. The fraction of sp³-hybridized carbons (Fsp3) is 0.500. The summed E-state index contributed by atoms with van der Waals surface area (Å²) in [5, 5.41) is 0. The first-order valence-electron chi connectivity index (χ1n) is 5.36. The normalized spacial score (nSPS) is 22.6. The summed E-state index contributed by atoms with van der Waals surface area (Å²) in [5.41, 5.74) is 5.80. The van der Waals surface area contributed by atoms with E-state index in [1.807, 2.05) is 0 Å². The molecule has 0 bridgehead atoms. The second-order valence-corrected chi connectivity index (χ2v) is 6.96. The monoisotopic (exact) mass is 319 g/mol. The van der Waals surface area contributed by atoms with Crippen molar-refractivity contribution in [3.63, 3.8) is 0 Å². The third-order valence-corrected chi connectivity index (χ3v) is 5.00. The molecule has 94 valence electrons. The Morgan fingerprint density at radius 2 is 2.24 bits per heavy atom. The zero-order valence-electron chi connectivity index (χ0n) is 9.21. The third-order valence-electron chi connectivity index (χ3n) is 2.74. The summed E-state index contributed by atoms with van der Waals surface area (Å²) < 4.78 is 26.7. The lowest BCUT2D eigenvalue weighted by molar-refractivity contribution is 0.316. The van der Waals surface area contributed by atoms with Crippen molar-refractivity contribution in [2.75, 3.05) is 13.1 Å². The minimum absolute atomic E-state index is 0.0707. The maximum Gasteiger partial charge on any atom is 0.244 e. The van der Waals surface area contributed by atoms with Crippen molar-refractivity contribution in [3.05, 3.63) is 22.9 Å². The Labute approximate surface area is 109 Å². The van der Waals surface area contributed by atoms with Gasteiger partial charge in [0.2, 0.25) is 10.0 Å². The van der Waals surface area contributed by atoms with E-state index >= 15 is 0 Å². The number of piperidine rings is 1. The van der Waals surface area contributed by atoms with E-state index in [0.29, 0.717) is 17.6 Å². The first-order chi connectivity index (χ1) is 8.00. The fourth-order valence-corrected chi connectivity index (χ4v) is 3.92. The zero-order chi connectivity index (χ0) is 12.5. The number of hydrogen-bond acceptors (Lipinski definition) is 4. The molecule has 0 aromatic carbocycles. The van der Waals surface area contributed by atoms with Gasteiger partial charge in [0, 0.05) is 36.0 Å². The van der Waals surface area contributed by atoms with Crippen LogP contribution in [0.25, 0.3) is 0 Å². The quantitative estimate of drug-likeness (QED) is 0.880. The van der Waals surface area contributed by atoms with E-state index in [4.69, 9.17) is 5.73 Å². The van der Waals surface area contributed by atoms with E-state index in [1.54, 1.807) is 12.3 Å². The molecule has 1 atom stereocenters. The van der Waals surface area contributed by atoms with Gasteiger partial charge < -0.3 is 5.73 Å². The van der Waals surface area contributed by atoms with Crippen LogP contribution < -0.4 is 5.73 Å². The Kier molecular flexibility index (Phi) is 3.82. The highest BCUT2D eigenvalue weighted by Crippen LogP contribution is 2.21. The lowest BCUT2D eigenvalue weighted by Crippen LogP contribution is -2.45. The smallest absolute Gasteiger partial charge is 0.244 e. The summed E-state index contributed by atoms with van der Waals surface area (Å²) in [5.74, 6) is 0. The number of aromatic nitrogens is 1. The van der Waals surface area contributed by atoms with E-state index in [-0.39, 0.29) is 10.9 Å². The average Bonchev–Trinajstić information content (AvgIpc) is 2.29. The van der Waals surface area contributed by atoms with Gasteiger partial charge in [-0.25, -0.2) is 8.42 Å². The lowest BCUT2D eigenvalue weighted by atomic mass is 10.1. The van der Waals surface area contributed by atoms with Crippen molar-refractivity contribution in [1.82, 2.24) is 9.29 Å². The number of nitrogens with zero attached hydrogens (tertiary/aromatic N) is 2. The minimum Gasteiger partial charge on any atom is -0.327 e. The summed E-state index contributed by atoms with van der Waals surface area (Å²) in [4.78, 5) is 4.09. The Balaban J connectivity index is 2.29. The lowest BCUT2D eigenvalue weighted by Gasteiger charge is -2.29. The van der Waals surface area contributed by atoms with Crippen molar-refractivity contribution in [2.45, 2.75) is 23.8 Å². The maximum atomic E-state index is 12.3. The number of sulfonamides is 1. The number of halogens is 1. The molecule has 1 aliphatic heterocycles. The van der Waals surface area contributed by atoms with Crippen molar-refractivity contribution in [3.8, 4) is 0 Å². The van der Waals surface area contributed by atoms with Crippen molar-refractivity contribution in [1.29, 1.82) is 0 Å². The van der Waals surface area contributed by atoms with Crippen LogP contribution in [0.15, 0.2) is 27.8 Å². The molecule has 1 aliphatic rings. The number of rotatable bonds is 2. The molecule has 0 radical (unpaired) electrons. The summed E-state index contributed by atoms with van der Waals surface area (Å²) in [7, 11) is -3.46. The predicted molar refractivity (Wildman–Crippen MR) is 67.9 cm³/mol. The summed E-state index contributed by atoms with van der Waals surface area (Å²) in [6, 6.07) is 1.49.